The van der Waals surface area contributed by atoms with Gasteiger partial charge in [0.2, 0.25) is 0 Å². The number of aromatic nitrogens is 1. The molecule has 0 aliphatic heterocycles. The van der Waals surface area contributed by atoms with Crippen molar-refractivity contribution in [2.24, 2.45) is 0 Å². The molecule has 0 radical (unpaired) electrons. The van der Waals surface area contributed by atoms with Gasteiger partial charge in [0.15, 0.2) is 11.6 Å². The number of aromatic carboxylic acids is 2. The molecule has 1 heterocycles. The number of benzene rings is 2. The number of carbonyl (C=O) groups is 2. The molecule has 0 atom stereocenters. The molecule has 3 rings (SSSR count). The van der Waals surface area contributed by atoms with E-state index >= 15 is 0 Å². The van der Waals surface area contributed by atoms with Crippen LogP contribution in [0.3, 0.4) is 0 Å². The lowest BCUT2D eigenvalue weighted by molar-refractivity contribution is 0.0695. The minimum Gasteiger partial charge on any atom is -0.486 e. The van der Waals surface area contributed by atoms with E-state index in [0.29, 0.717) is 6.07 Å². The Morgan fingerprint density at radius 2 is 1.58 bits per heavy atom. The minimum absolute atomic E-state index is 0.0877. The van der Waals surface area contributed by atoms with Crippen LogP contribution in [0, 0.1) is 17.5 Å². The number of ether oxygens (including phenoxy) is 1. The van der Waals surface area contributed by atoms with Gasteiger partial charge in [-0.3, -0.25) is 4.79 Å². The predicted molar refractivity (Wildman–Crippen MR) is 101 cm³/mol. The number of carboxylic acids is 2. The van der Waals surface area contributed by atoms with Gasteiger partial charge in [0, 0.05) is 11.6 Å². The molecule has 0 amide bonds. The van der Waals surface area contributed by atoms with Crippen molar-refractivity contribution in [3.8, 4) is 16.9 Å². The molecule has 0 saturated carbocycles. The largest absolute Gasteiger partial charge is 0.486 e. The van der Waals surface area contributed by atoms with E-state index in [-0.39, 0.29) is 23.5 Å². The van der Waals surface area contributed by atoms with Gasteiger partial charge in [-0.1, -0.05) is 6.07 Å². The van der Waals surface area contributed by atoms with E-state index in [1.54, 1.807) is 0 Å². The topological polar surface area (TPSA) is 143 Å². The average Bonchev–Trinajstić information content (AvgIpc) is 2.64. The van der Waals surface area contributed by atoms with Crippen molar-refractivity contribution < 1.29 is 37.7 Å². The number of hydrogen-bond acceptors (Lipinski definition) is 5. The second kappa shape index (κ2) is 8.22. The lowest BCUT2D eigenvalue weighted by Crippen LogP contribution is -2.24. The van der Waals surface area contributed by atoms with Crippen LogP contribution in [0.1, 0.15) is 26.3 Å². The Hall–Kier alpha value is -4.28. The molecule has 0 aliphatic carbocycles. The summed E-state index contributed by atoms with van der Waals surface area (Å²) in [4.78, 5) is 37.1. The molecule has 0 saturated heterocycles. The van der Waals surface area contributed by atoms with Crippen molar-refractivity contribution in [2.45, 2.75) is 6.61 Å². The van der Waals surface area contributed by atoms with Gasteiger partial charge in [-0.15, -0.1) is 0 Å². The zero-order chi connectivity index (χ0) is 22.9. The fraction of sp³-hybridized carbons (Fsp3) is 0.0500. The molecule has 0 spiro atoms. The lowest BCUT2D eigenvalue weighted by Gasteiger charge is -2.13. The minimum atomic E-state index is -1.74. The molecular weight excluding hydrogens is 421 g/mol. The Morgan fingerprint density at radius 3 is 2.13 bits per heavy atom. The van der Waals surface area contributed by atoms with Gasteiger partial charge in [-0.2, -0.15) is 0 Å². The molecule has 8 nitrogen and oxygen atoms in total. The molecule has 0 unspecified atom stereocenters. The average molecular weight is 434 g/mol. The number of aromatic amines is 1. The smallest absolute Gasteiger partial charge is 0.342 e. The summed E-state index contributed by atoms with van der Waals surface area (Å²) in [5.41, 5.74) is 1.95. The maximum atomic E-state index is 14.6. The first-order chi connectivity index (χ1) is 14.6. The fourth-order valence-electron chi connectivity index (χ4n) is 2.96. The Bertz CT molecular complexity index is 1250. The quantitative estimate of drug-likeness (QED) is 0.467. The van der Waals surface area contributed by atoms with Crippen LogP contribution in [-0.2, 0) is 6.61 Å². The Labute approximate surface area is 171 Å². The summed E-state index contributed by atoms with van der Waals surface area (Å²) in [5, 5.41) is 18.8. The van der Waals surface area contributed by atoms with Gasteiger partial charge in [0.25, 0.3) is 5.56 Å². The number of nitrogens with two attached hydrogens (primary N) is 1. The summed E-state index contributed by atoms with van der Waals surface area (Å²) in [6.45, 7) is -0.385. The molecule has 0 bridgehead atoms. The zero-order valence-electron chi connectivity index (χ0n) is 15.4. The van der Waals surface area contributed by atoms with E-state index in [9.17, 15) is 37.8 Å². The monoisotopic (exact) mass is 434 g/mol. The third-order valence-electron chi connectivity index (χ3n) is 4.21. The third kappa shape index (κ3) is 4.34. The number of nitrogen functional groups attached to an aromatic ring is 1. The number of rotatable bonds is 6. The standard InChI is InChI=1S/C20H13F3N2O6/c21-10-3-8(4-11(22)6-10)7-31-13-2-1-9(5-12(13)23)14-15(19(27)28)17(24)25-18(26)16(14)20(29)30/h1-6H,7H2,(H,27,28)(H,29,30)(H3,24,25,26). The molecule has 0 fully saturated rings. The second-order valence-corrected chi connectivity index (χ2v) is 6.31. The molecule has 11 heteroatoms. The lowest BCUT2D eigenvalue weighted by atomic mass is 9.95. The Morgan fingerprint density at radius 1 is 0.968 bits per heavy atom. The molecule has 31 heavy (non-hydrogen) atoms. The first-order valence-electron chi connectivity index (χ1n) is 8.48. The molecule has 2 aromatic carbocycles. The molecular formula is C20H13F3N2O6. The molecule has 1 aromatic heterocycles. The van der Waals surface area contributed by atoms with Gasteiger partial charge < -0.3 is 25.7 Å². The summed E-state index contributed by atoms with van der Waals surface area (Å²) in [6, 6.07) is 5.58. The molecule has 160 valence electrons. The van der Waals surface area contributed by atoms with Crippen LogP contribution in [-0.4, -0.2) is 27.1 Å². The normalized spacial score (nSPS) is 10.7. The highest BCUT2D eigenvalue weighted by Crippen LogP contribution is 2.32. The maximum Gasteiger partial charge on any atom is 0.342 e. The molecule has 0 aliphatic rings. The summed E-state index contributed by atoms with van der Waals surface area (Å²) >= 11 is 0. The number of hydrogen-bond donors (Lipinski definition) is 4. The summed E-state index contributed by atoms with van der Waals surface area (Å²) in [5.74, 6) is -7.08. The zero-order valence-corrected chi connectivity index (χ0v) is 15.4. The molecule has 5 N–H and O–H groups in total. The number of anilines is 1. The summed E-state index contributed by atoms with van der Waals surface area (Å²) in [6.07, 6.45) is 0. The second-order valence-electron chi connectivity index (χ2n) is 6.31. The van der Waals surface area contributed by atoms with Crippen LogP contribution in [0.15, 0.2) is 41.2 Å². The Balaban J connectivity index is 2.04. The van der Waals surface area contributed by atoms with Crippen LogP contribution in [0.2, 0.25) is 0 Å². The predicted octanol–water partition coefficient (Wildman–Crippen LogP) is 3.02. The van der Waals surface area contributed by atoms with Crippen LogP contribution in [0.25, 0.3) is 11.1 Å². The number of carboxylic acid groups (broad SMARTS) is 2. The van der Waals surface area contributed by atoms with Crippen LogP contribution in [0.5, 0.6) is 5.75 Å². The van der Waals surface area contributed by atoms with E-state index in [1.165, 1.54) is 0 Å². The first kappa shape index (κ1) is 21.4. The van der Waals surface area contributed by atoms with E-state index in [2.05, 4.69) is 0 Å². The van der Waals surface area contributed by atoms with Gasteiger partial charge >= 0.3 is 11.9 Å². The number of halogens is 3. The van der Waals surface area contributed by atoms with Crippen LogP contribution >= 0.6 is 0 Å². The summed E-state index contributed by atoms with van der Waals surface area (Å²) < 4.78 is 46.3. The van der Waals surface area contributed by atoms with E-state index in [1.807, 2.05) is 4.98 Å². The van der Waals surface area contributed by atoms with Crippen LogP contribution < -0.4 is 16.0 Å². The molecule has 3 aromatic rings. The van der Waals surface area contributed by atoms with Gasteiger partial charge in [-0.25, -0.2) is 22.8 Å². The van der Waals surface area contributed by atoms with Crippen molar-refractivity contribution in [3.05, 3.63) is 80.9 Å². The van der Waals surface area contributed by atoms with Crippen molar-refractivity contribution in [2.75, 3.05) is 5.73 Å². The van der Waals surface area contributed by atoms with Crippen LogP contribution in [0.4, 0.5) is 19.0 Å². The van der Waals surface area contributed by atoms with E-state index in [4.69, 9.17) is 10.5 Å². The highest BCUT2D eigenvalue weighted by molar-refractivity contribution is 6.07. The number of nitrogens with one attached hydrogen (secondary N) is 1. The maximum absolute atomic E-state index is 14.6. The van der Waals surface area contributed by atoms with Gasteiger partial charge in [-0.05, 0) is 35.4 Å². The van der Waals surface area contributed by atoms with Gasteiger partial charge in [0.1, 0.15) is 35.2 Å². The third-order valence-corrected chi connectivity index (χ3v) is 4.21. The highest BCUT2D eigenvalue weighted by Gasteiger charge is 2.27. The van der Waals surface area contributed by atoms with Crippen molar-refractivity contribution in [3.63, 3.8) is 0 Å². The van der Waals surface area contributed by atoms with Gasteiger partial charge in [0.05, 0.1) is 0 Å². The van der Waals surface area contributed by atoms with Crippen molar-refractivity contribution >= 4 is 17.8 Å². The number of H-pyrrole nitrogens is 1. The first-order valence-corrected chi connectivity index (χ1v) is 8.48. The van der Waals surface area contributed by atoms with Crippen molar-refractivity contribution in [1.29, 1.82) is 0 Å². The Kier molecular flexibility index (Phi) is 5.68. The van der Waals surface area contributed by atoms with E-state index < -0.39 is 57.5 Å². The highest BCUT2D eigenvalue weighted by atomic mass is 19.1. The number of pyridine rings is 1. The summed E-state index contributed by atoms with van der Waals surface area (Å²) in [7, 11) is 0. The SMILES string of the molecule is Nc1[nH]c(=O)c(C(=O)O)c(-c2ccc(OCc3cc(F)cc(F)c3)c(F)c2)c1C(=O)O. The fourth-order valence-corrected chi connectivity index (χ4v) is 2.96. The van der Waals surface area contributed by atoms with E-state index in [0.717, 1.165) is 30.3 Å². The van der Waals surface area contributed by atoms with Crippen molar-refractivity contribution in [1.82, 2.24) is 4.98 Å².